The highest BCUT2D eigenvalue weighted by Crippen LogP contribution is 2.54. The summed E-state index contributed by atoms with van der Waals surface area (Å²) < 4.78 is 7.14. The Kier molecular flexibility index (Phi) is 4.59. The number of nitrogens with zero attached hydrogens (tertiary/aromatic N) is 3. The normalized spacial score (nSPS) is 18.7. The number of nitriles is 1. The van der Waals surface area contributed by atoms with Gasteiger partial charge < -0.3 is 19.9 Å². The lowest BCUT2D eigenvalue weighted by molar-refractivity contribution is -0.121. The number of hydrogen-bond donors (Lipinski definition) is 1. The molecule has 0 radical (unpaired) electrons. The molecule has 33 heavy (non-hydrogen) atoms. The van der Waals surface area contributed by atoms with Crippen LogP contribution in [0.15, 0.2) is 70.8 Å². The van der Waals surface area contributed by atoms with Crippen LogP contribution in [0.3, 0.4) is 0 Å². The monoisotopic (exact) mass is 458 g/mol. The van der Waals surface area contributed by atoms with Gasteiger partial charge in [0.15, 0.2) is 5.41 Å². The number of para-hydroxylation sites is 1. The molecule has 2 N–H and O–H groups in total. The van der Waals surface area contributed by atoms with Gasteiger partial charge in [0.1, 0.15) is 17.4 Å². The summed E-state index contributed by atoms with van der Waals surface area (Å²) in [5.74, 6) is -0.469. The van der Waals surface area contributed by atoms with Crippen LogP contribution in [0.1, 0.15) is 22.4 Å². The minimum Gasteiger partial charge on any atom is -0.440 e. The highest BCUT2D eigenvalue weighted by Gasteiger charge is 2.60. The molecule has 0 unspecified atom stereocenters. The predicted octanol–water partition coefficient (Wildman–Crippen LogP) is 3.27. The van der Waals surface area contributed by atoms with E-state index in [0.29, 0.717) is 22.0 Å². The Bertz CT molecular complexity index is 1480. The van der Waals surface area contributed by atoms with Crippen LogP contribution in [0.5, 0.6) is 5.75 Å². The summed E-state index contributed by atoms with van der Waals surface area (Å²) in [5.41, 5.74) is 6.47. The molecule has 0 fully saturated rings. The number of halogens is 1. The lowest BCUT2D eigenvalue weighted by Crippen LogP contribution is -2.49. The van der Waals surface area contributed by atoms with Gasteiger partial charge in [0.05, 0.1) is 12.1 Å². The highest BCUT2D eigenvalue weighted by molar-refractivity contribution is 6.31. The smallest absolute Gasteiger partial charge is 0.259 e. The first-order valence-electron chi connectivity index (χ1n) is 10.3. The lowest BCUT2D eigenvalue weighted by atomic mass is 9.69. The van der Waals surface area contributed by atoms with Crippen molar-refractivity contribution < 1.29 is 9.53 Å². The molecule has 8 heteroatoms. The molecule has 3 heterocycles. The van der Waals surface area contributed by atoms with Crippen molar-refractivity contribution >= 4 is 23.2 Å². The molecule has 7 nitrogen and oxygen atoms in total. The van der Waals surface area contributed by atoms with Crippen molar-refractivity contribution in [2.45, 2.75) is 18.9 Å². The fraction of sp³-hybridized carbons (Fsp3) is 0.160. The van der Waals surface area contributed by atoms with Crippen LogP contribution in [0, 0.1) is 18.3 Å². The topological polar surface area (TPSA) is 101 Å². The van der Waals surface area contributed by atoms with Crippen molar-refractivity contribution in [2.24, 2.45) is 12.8 Å². The molecule has 5 rings (SSSR count). The van der Waals surface area contributed by atoms with E-state index in [2.05, 4.69) is 6.07 Å². The first kappa shape index (κ1) is 20.9. The Hall–Kier alpha value is -4.02. The Morgan fingerprint density at radius 2 is 1.85 bits per heavy atom. The van der Waals surface area contributed by atoms with Crippen LogP contribution in [0.4, 0.5) is 5.69 Å². The number of aryl methyl sites for hydroxylation is 1. The van der Waals surface area contributed by atoms with E-state index in [1.54, 1.807) is 55.3 Å². The van der Waals surface area contributed by atoms with E-state index >= 15 is 0 Å². The maximum Gasteiger partial charge on any atom is 0.259 e. The maximum atomic E-state index is 14.3. The maximum absolute atomic E-state index is 14.3. The fourth-order valence-electron chi connectivity index (χ4n) is 4.73. The number of amides is 1. The van der Waals surface area contributed by atoms with E-state index in [1.165, 1.54) is 4.57 Å². The third-order valence-electron chi connectivity index (χ3n) is 6.41. The molecular formula is C25H19ClN4O3. The second-order valence-electron chi connectivity index (χ2n) is 8.09. The number of pyridine rings is 1. The standard InChI is InChI=1S/C25H19ClN4O3/c1-14-11-20-21(23(31)29(14)2)25(17(12-27)22(28)33-20)16-8-4-6-10-19(16)30(24(25)32)13-15-7-3-5-9-18(15)26/h3-11H,13,28H2,1-2H3/t25-/m0/s1. The van der Waals surface area contributed by atoms with E-state index in [4.69, 9.17) is 22.1 Å². The van der Waals surface area contributed by atoms with Gasteiger partial charge in [-0.3, -0.25) is 9.59 Å². The van der Waals surface area contributed by atoms with Gasteiger partial charge in [-0.25, -0.2) is 0 Å². The molecule has 2 aliphatic heterocycles. The number of anilines is 1. The summed E-state index contributed by atoms with van der Waals surface area (Å²) in [6.45, 7) is 1.92. The summed E-state index contributed by atoms with van der Waals surface area (Å²) in [6, 6.07) is 18.1. The van der Waals surface area contributed by atoms with Crippen molar-refractivity contribution in [1.29, 1.82) is 5.26 Å². The summed E-state index contributed by atoms with van der Waals surface area (Å²) in [7, 11) is 1.62. The number of aromatic nitrogens is 1. The van der Waals surface area contributed by atoms with E-state index in [0.717, 1.165) is 5.56 Å². The zero-order valence-corrected chi connectivity index (χ0v) is 18.7. The third-order valence-corrected chi connectivity index (χ3v) is 6.78. The minimum atomic E-state index is -1.72. The zero-order valence-electron chi connectivity index (χ0n) is 17.9. The average Bonchev–Trinajstić information content (AvgIpc) is 3.03. The Morgan fingerprint density at radius 3 is 2.58 bits per heavy atom. The summed E-state index contributed by atoms with van der Waals surface area (Å²) in [4.78, 5) is 29.4. The first-order chi connectivity index (χ1) is 15.8. The number of fused-ring (bicyclic) bond motifs is 4. The van der Waals surface area contributed by atoms with Gasteiger partial charge in [0, 0.05) is 35.1 Å². The van der Waals surface area contributed by atoms with Gasteiger partial charge in [0.2, 0.25) is 11.8 Å². The van der Waals surface area contributed by atoms with Gasteiger partial charge in [-0.15, -0.1) is 0 Å². The molecule has 1 aromatic heterocycles. The summed E-state index contributed by atoms with van der Waals surface area (Å²) in [6.07, 6.45) is 0. The Labute approximate surface area is 194 Å². The number of carbonyl (C=O) groups is 1. The number of carbonyl (C=O) groups excluding carboxylic acids is 1. The summed E-state index contributed by atoms with van der Waals surface area (Å²) in [5, 5.41) is 10.6. The predicted molar refractivity (Wildman–Crippen MR) is 124 cm³/mol. The van der Waals surface area contributed by atoms with E-state index in [9.17, 15) is 14.9 Å². The van der Waals surface area contributed by atoms with Crippen molar-refractivity contribution in [3.8, 4) is 11.8 Å². The largest absolute Gasteiger partial charge is 0.440 e. The molecule has 0 bridgehead atoms. The zero-order chi connectivity index (χ0) is 23.5. The van der Waals surface area contributed by atoms with Gasteiger partial charge in [-0.2, -0.15) is 5.26 Å². The Morgan fingerprint density at radius 1 is 1.15 bits per heavy atom. The second kappa shape index (κ2) is 7.26. The molecule has 0 saturated heterocycles. The van der Waals surface area contributed by atoms with Gasteiger partial charge in [-0.1, -0.05) is 48.0 Å². The van der Waals surface area contributed by atoms with E-state index in [-0.39, 0.29) is 29.3 Å². The second-order valence-corrected chi connectivity index (χ2v) is 8.50. The molecule has 2 aliphatic rings. The molecule has 164 valence electrons. The van der Waals surface area contributed by atoms with Crippen LogP contribution in [-0.2, 0) is 23.8 Å². The third kappa shape index (κ3) is 2.68. The molecule has 1 atom stereocenters. The SMILES string of the molecule is Cc1cc2c(c(=O)n1C)[C@@]1(C(=O)N(Cc3ccccc3Cl)c3ccccc31)C(C#N)=C(N)O2. The average molecular weight is 459 g/mol. The molecule has 0 saturated carbocycles. The fourth-order valence-corrected chi connectivity index (χ4v) is 4.92. The Balaban J connectivity index is 1.86. The van der Waals surface area contributed by atoms with Gasteiger partial charge >= 0.3 is 0 Å². The molecule has 1 spiro atoms. The van der Waals surface area contributed by atoms with Crippen molar-refractivity contribution in [2.75, 3.05) is 4.90 Å². The number of ether oxygens (including phenoxy) is 1. The first-order valence-corrected chi connectivity index (χ1v) is 10.6. The molecule has 0 aliphatic carbocycles. The van der Waals surface area contributed by atoms with Crippen molar-refractivity contribution in [3.63, 3.8) is 0 Å². The molecule has 2 aromatic carbocycles. The molecular weight excluding hydrogens is 440 g/mol. The van der Waals surface area contributed by atoms with E-state index in [1.807, 2.05) is 18.2 Å². The molecule has 1 amide bonds. The van der Waals surface area contributed by atoms with Crippen LogP contribution < -0.4 is 20.9 Å². The number of benzene rings is 2. The highest BCUT2D eigenvalue weighted by atomic mass is 35.5. The minimum absolute atomic E-state index is 0.0838. The summed E-state index contributed by atoms with van der Waals surface area (Å²) >= 11 is 6.39. The van der Waals surface area contributed by atoms with Gasteiger partial charge in [-0.05, 0) is 24.6 Å². The number of nitrogens with two attached hydrogens (primary N) is 1. The van der Waals surface area contributed by atoms with Crippen LogP contribution in [0.2, 0.25) is 5.02 Å². The van der Waals surface area contributed by atoms with Gasteiger partial charge in [0.25, 0.3) is 5.56 Å². The van der Waals surface area contributed by atoms with Crippen LogP contribution >= 0.6 is 11.6 Å². The quantitative estimate of drug-likeness (QED) is 0.635. The number of hydrogen-bond acceptors (Lipinski definition) is 5. The van der Waals surface area contributed by atoms with Crippen LogP contribution in [-0.4, -0.2) is 10.5 Å². The van der Waals surface area contributed by atoms with Crippen molar-refractivity contribution in [3.05, 3.63) is 104 Å². The lowest BCUT2D eigenvalue weighted by Gasteiger charge is -2.34. The van der Waals surface area contributed by atoms with Crippen molar-refractivity contribution in [1.82, 2.24) is 4.57 Å². The van der Waals surface area contributed by atoms with E-state index < -0.39 is 16.9 Å². The number of rotatable bonds is 2. The molecule has 3 aromatic rings. The van der Waals surface area contributed by atoms with Crippen LogP contribution in [0.25, 0.3) is 0 Å².